The summed E-state index contributed by atoms with van der Waals surface area (Å²) < 4.78 is 1000. The first kappa shape index (κ1) is 102. The predicted molar refractivity (Wildman–Crippen MR) is 323 cm³/mol. The number of hydrogen-bond donors (Lipinski definition) is 0. The van der Waals surface area contributed by atoms with Crippen LogP contribution < -0.4 is 21.9 Å². The molecule has 61 heteroatoms. The standard InChI is InChI=1S/C76BF60/c78-17-1(73(134,5-25(86)49(110)65(126)50(111)26(5)87)6-27(88)51(112)66(127)52(113)28(6)89)18(79)42(103)13(41(17)102)77(14-43(104)19(80)2(20(81)44(14)105)74(135,7-29(90)53(114)67(128)54(115)30(7)91)8-31(92)55(116)68(129)56(117)32(8)93,15-45(106)21(82)3(22(83)46(15)107)75(136,9-33(94)57(118)69(130)58(119)34(9)95)10-35(96)59(120)70(131)60(121)36(10)97)16-47(108)23(84)4(24(85)48(16)109)76(137,11-37(98)61(122)71(132)62(123)38(11)99)12-39(100)63(124)72(133)64(125)40(12)101/q-1. The molecule has 0 aliphatic carbocycles. The van der Waals surface area contributed by atoms with Gasteiger partial charge in [-0.3, -0.25) is 0 Å². The Bertz CT molecular complexity index is 5980. The highest BCUT2D eigenvalue weighted by Gasteiger charge is 2.64. The van der Waals surface area contributed by atoms with Crippen molar-refractivity contribution < 1.29 is 263 Å². The van der Waals surface area contributed by atoms with Gasteiger partial charge in [0.05, 0.1) is 66.8 Å². The van der Waals surface area contributed by atoms with Crippen LogP contribution in [0.1, 0.15) is 66.8 Å². The lowest BCUT2D eigenvalue weighted by Gasteiger charge is -2.46. The molecule has 12 aromatic rings. The Balaban J connectivity index is 1.52. The lowest BCUT2D eigenvalue weighted by molar-refractivity contribution is 0.207. The second-order valence-corrected chi connectivity index (χ2v) is 27.2. The van der Waals surface area contributed by atoms with Gasteiger partial charge in [-0.1, -0.05) is 0 Å². The molecule has 0 radical (unpaired) electrons. The van der Waals surface area contributed by atoms with Crippen LogP contribution in [0.5, 0.6) is 0 Å². The quantitative estimate of drug-likeness (QED) is 0.0297. The van der Waals surface area contributed by atoms with E-state index in [1.165, 1.54) is 0 Å². The van der Waals surface area contributed by atoms with Gasteiger partial charge < -0.3 is 0 Å². The van der Waals surface area contributed by atoms with E-state index in [-0.39, 0.29) is 0 Å². The van der Waals surface area contributed by atoms with Crippen LogP contribution in [-0.2, 0) is 22.7 Å². The molecule has 0 heterocycles. The maximum absolute atomic E-state index is 19.1. The second-order valence-electron chi connectivity index (χ2n) is 27.2. The van der Waals surface area contributed by atoms with E-state index in [1.807, 2.05) is 0 Å². The van der Waals surface area contributed by atoms with E-state index in [4.69, 9.17) is 0 Å². The average molecular weight is 2060 g/mol. The molecular formula is C76BF60-. The van der Waals surface area contributed by atoms with Gasteiger partial charge in [0.25, 0.3) is 0 Å². The first-order chi connectivity index (χ1) is 63.0. The largest absolute Gasteiger partial charge is 0.227 e. The third-order valence-electron chi connectivity index (χ3n) is 20.7. The highest BCUT2D eigenvalue weighted by molar-refractivity contribution is 7.20. The fraction of sp³-hybridized carbons (Fsp3) is 0.0526. The lowest BCUT2D eigenvalue weighted by Crippen LogP contribution is -2.81. The van der Waals surface area contributed by atoms with Crippen molar-refractivity contribution >= 4 is 28.0 Å². The van der Waals surface area contributed by atoms with Crippen molar-refractivity contribution in [3.8, 4) is 0 Å². The van der Waals surface area contributed by atoms with Crippen LogP contribution in [0.4, 0.5) is 263 Å². The van der Waals surface area contributed by atoms with Gasteiger partial charge >= 0.3 is 0 Å². The zero-order valence-corrected chi connectivity index (χ0v) is 61.3. The normalized spacial score (nSPS) is 12.5. The minimum absolute atomic E-state index is 4.07. The maximum atomic E-state index is 19.1. The Morgan fingerprint density at radius 1 is 0.0803 bits per heavy atom. The first-order valence-electron chi connectivity index (χ1n) is 33.5. The average Bonchev–Trinajstić information content (AvgIpc) is 0.664. The van der Waals surface area contributed by atoms with Crippen LogP contribution in [0.2, 0.25) is 0 Å². The topological polar surface area (TPSA) is 0 Å². The van der Waals surface area contributed by atoms with E-state index < -0.39 is 443 Å². The molecule has 0 aliphatic rings. The number of halogens is 60. The van der Waals surface area contributed by atoms with Gasteiger partial charge in [-0.05, 0) is 0 Å². The van der Waals surface area contributed by atoms with Crippen LogP contribution in [0.25, 0.3) is 0 Å². The molecule has 0 aliphatic heterocycles. The minimum atomic E-state index is -10.5. The van der Waals surface area contributed by atoms with E-state index in [0.29, 0.717) is 0 Å². The van der Waals surface area contributed by atoms with Crippen LogP contribution in [0.3, 0.4) is 0 Å². The van der Waals surface area contributed by atoms with Gasteiger partial charge in [0.15, 0.2) is 233 Å². The molecule has 0 nitrogen and oxygen atoms in total. The van der Waals surface area contributed by atoms with Crippen molar-refractivity contribution in [2.24, 2.45) is 0 Å². The number of hydrogen-bond acceptors (Lipinski definition) is 0. The number of rotatable bonds is 16. The van der Waals surface area contributed by atoms with E-state index in [2.05, 4.69) is 0 Å². The molecule has 0 saturated heterocycles. The molecule has 0 N–H and O–H groups in total. The Hall–Kier alpha value is -13.5. The Labute approximate surface area is 705 Å². The highest BCUT2D eigenvalue weighted by atomic mass is 19.3. The van der Waals surface area contributed by atoms with Gasteiger partial charge in [0.1, 0.15) is 52.7 Å². The molecule has 0 fully saturated rings. The van der Waals surface area contributed by atoms with Crippen molar-refractivity contribution in [3.63, 3.8) is 0 Å². The molecular weight excluding hydrogens is 2060 g/mol. The van der Waals surface area contributed by atoms with Crippen LogP contribution in [0.15, 0.2) is 0 Å². The molecule has 0 bridgehead atoms. The first-order valence-corrected chi connectivity index (χ1v) is 33.5. The summed E-state index contributed by atoms with van der Waals surface area (Å²) in [5.41, 5.74) is -115. The summed E-state index contributed by atoms with van der Waals surface area (Å²) >= 11 is 0. The van der Waals surface area contributed by atoms with Gasteiger partial charge in [-0.15, -0.1) is 21.9 Å². The minimum Gasteiger partial charge on any atom is -0.227 e. The molecule has 0 unspecified atom stereocenters. The molecule has 137 heavy (non-hydrogen) atoms. The SMILES string of the molecule is Fc1c(F)c(F)c(C(F)(c2c(F)c(F)c(F)c(F)c2F)c2c(F)c(F)c([B-](c3c(F)c(F)c(C(F)(c4c(F)c(F)c(F)c(F)c4F)c4c(F)c(F)c(F)c(F)c4F)c(F)c3F)(c3c(F)c(F)c(C(F)(c4c(F)c(F)c(F)c(F)c4F)c4c(F)c(F)c(F)c(F)c4F)c(F)c3F)c3c(F)c(F)c(C(F)(c4c(F)c(F)c(F)c(F)c4F)c4c(F)c(F)c(F)c(F)c4F)c(F)c3F)c(F)c2F)c(F)c1F. The molecule has 12 aromatic carbocycles. The Kier molecular flexibility index (Phi) is 25.0. The maximum Gasteiger partial charge on any atom is 0.203 e. The fourth-order valence-electron chi connectivity index (χ4n) is 14.9. The molecule has 0 saturated carbocycles. The summed E-state index contributed by atoms with van der Waals surface area (Å²) in [7, 11) is 0. The van der Waals surface area contributed by atoms with Crippen molar-refractivity contribution in [1.82, 2.24) is 0 Å². The van der Waals surface area contributed by atoms with E-state index in [0.717, 1.165) is 0 Å². The van der Waals surface area contributed by atoms with E-state index in [1.54, 1.807) is 0 Å². The monoisotopic (exact) mass is 2060 g/mol. The van der Waals surface area contributed by atoms with Crippen LogP contribution >= 0.6 is 0 Å². The zero-order valence-electron chi connectivity index (χ0n) is 61.3. The lowest BCUT2D eigenvalue weighted by atomic mass is 9.12. The van der Waals surface area contributed by atoms with Crippen molar-refractivity contribution in [3.05, 3.63) is 393 Å². The molecule has 12 rings (SSSR count). The van der Waals surface area contributed by atoms with Gasteiger partial charge in [-0.25, -0.2) is 263 Å². The fourth-order valence-corrected chi connectivity index (χ4v) is 14.9. The van der Waals surface area contributed by atoms with Gasteiger partial charge in [-0.2, -0.15) is 0 Å². The van der Waals surface area contributed by atoms with Crippen molar-refractivity contribution in [2.45, 2.75) is 22.7 Å². The van der Waals surface area contributed by atoms with E-state index in [9.17, 15) is 35.1 Å². The predicted octanol–water partition coefficient (Wildman–Crippen LogP) is 23.9. The smallest absolute Gasteiger partial charge is 0.203 e. The molecule has 0 aromatic heterocycles. The molecule has 0 spiro atoms. The van der Waals surface area contributed by atoms with Crippen LogP contribution in [-0.4, -0.2) is 6.15 Å². The zero-order chi connectivity index (χ0) is 104. The molecule has 728 valence electrons. The van der Waals surface area contributed by atoms with Gasteiger partial charge in [0, 0.05) is 0 Å². The number of alkyl halides is 4. The summed E-state index contributed by atoms with van der Waals surface area (Å²) in [6.45, 7) is 0. The number of benzene rings is 12. The van der Waals surface area contributed by atoms with Crippen molar-refractivity contribution in [2.75, 3.05) is 0 Å². The van der Waals surface area contributed by atoms with Crippen molar-refractivity contribution in [1.29, 1.82) is 0 Å². The Morgan fingerprint density at radius 2 is 0.131 bits per heavy atom. The highest BCUT2D eigenvalue weighted by Crippen LogP contribution is 2.57. The summed E-state index contributed by atoms with van der Waals surface area (Å²) in [5.74, 6) is -270. The Morgan fingerprint density at radius 3 is 0.197 bits per heavy atom. The summed E-state index contributed by atoms with van der Waals surface area (Å²) in [6.07, 6.45) is -10.5. The molecule has 0 atom stereocenters. The van der Waals surface area contributed by atoms with Crippen LogP contribution in [0, 0.1) is 326 Å². The second kappa shape index (κ2) is 33.5. The van der Waals surface area contributed by atoms with E-state index >= 15 is 228 Å². The molecule has 0 amide bonds. The summed E-state index contributed by atoms with van der Waals surface area (Å²) in [6, 6.07) is 0. The third-order valence-corrected chi connectivity index (χ3v) is 20.7. The summed E-state index contributed by atoms with van der Waals surface area (Å²) in [5, 5.41) is 0. The summed E-state index contributed by atoms with van der Waals surface area (Å²) in [4.78, 5) is 0. The third kappa shape index (κ3) is 13.0. The van der Waals surface area contributed by atoms with Gasteiger partial charge in [0.2, 0.25) is 69.2 Å².